The fraction of sp³-hybridized carbons (Fsp3) is 0.800. The molecule has 0 radical (unpaired) electrons. The highest BCUT2D eigenvalue weighted by Crippen LogP contribution is 2.06. The molecule has 0 spiro atoms. The number of alkyl carbamates (subject to hydrolysis) is 1. The Morgan fingerprint density at radius 2 is 1.70 bits per heavy atom. The lowest BCUT2D eigenvalue weighted by Gasteiger charge is -2.19. The lowest BCUT2D eigenvalue weighted by atomic mass is 10.1. The van der Waals surface area contributed by atoms with Gasteiger partial charge in [-0.2, -0.15) is 0 Å². The fourth-order valence-corrected chi connectivity index (χ4v) is 1.71. The van der Waals surface area contributed by atoms with Crippen LogP contribution in [0.1, 0.15) is 52.9 Å². The van der Waals surface area contributed by atoms with E-state index in [1.165, 1.54) is 0 Å². The van der Waals surface area contributed by atoms with E-state index in [2.05, 4.69) is 10.6 Å². The molecule has 0 aromatic rings. The normalized spacial score (nSPS) is 12.3. The van der Waals surface area contributed by atoms with Gasteiger partial charge in [0.1, 0.15) is 5.60 Å². The Hall–Kier alpha value is -1.83. The Kier molecular flexibility index (Phi) is 9.96. The SMILES string of the molecule is CC(C)(C)OC(=O)NCCCC[C@H](N)C(=O)NCCCC(=O)O. The molecule has 0 unspecified atom stereocenters. The minimum atomic E-state index is -0.888. The van der Waals surface area contributed by atoms with E-state index in [-0.39, 0.29) is 12.3 Å². The van der Waals surface area contributed by atoms with Crippen molar-refractivity contribution in [2.24, 2.45) is 5.73 Å². The monoisotopic (exact) mass is 331 g/mol. The van der Waals surface area contributed by atoms with Crippen molar-refractivity contribution in [3.05, 3.63) is 0 Å². The standard InChI is InChI=1S/C15H29N3O5/c1-15(2,3)23-14(22)18-9-5-4-7-11(16)13(21)17-10-6-8-12(19)20/h11H,4-10,16H2,1-3H3,(H,17,21)(H,18,22)(H,19,20)/t11-/m0/s1. The molecule has 0 aromatic carbocycles. The van der Waals surface area contributed by atoms with E-state index >= 15 is 0 Å². The highest BCUT2D eigenvalue weighted by Gasteiger charge is 2.16. The van der Waals surface area contributed by atoms with Gasteiger partial charge in [0.25, 0.3) is 0 Å². The summed E-state index contributed by atoms with van der Waals surface area (Å²) in [5, 5.41) is 13.7. The Morgan fingerprint density at radius 1 is 1.09 bits per heavy atom. The summed E-state index contributed by atoms with van der Waals surface area (Å²) in [4.78, 5) is 33.4. The molecular formula is C15H29N3O5. The molecule has 134 valence electrons. The summed E-state index contributed by atoms with van der Waals surface area (Å²) in [5.74, 6) is -1.17. The van der Waals surface area contributed by atoms with Crippen LogP contribution in [-0.2, 0) is 14.3 Å². The van der Waals surface area contributed by atoms with Crippen molar-refractivity contribution < 1.29 is 24.2 Å². The third-order valence-corrected chi connectivity index (χ3v) is 2.81. The number of carbonyl (C=O) groups excluding carboxylic acids is 2. The summed E-state index contributed by atoms with van der Waals surface area (Å²) in [6, 6.07) is -0.624. The Labute approximate surface area is 137 Å². The number of aliphatic carboxylic acids is 1. The van der Waals surface area contributed by atoms with Crippen LogP contribution in [0.4, 0.5) is 4.79 Å². The van der Waals surface area contributed by atoms with Gasteiger partial charge in [-0.15, -0.1) is 0 Å². The van der Waals surface area contributed by atoms with E-state index in [4.69, 9.17) is 15.6 Å². The number of carboxylic acids is 1. The van der Waals surface area contributed by atoms with Crippen LogP contribution in [0.25, 0.3) is 0 Å². The minimum Gasteiger partial charge on any atom is -0.481 e. The number of hydrogen-bond acceptors (Lipinski definition) is 5. The van der Waals surface area contributed by atoms with E-state index in [0.29, 0.717) is 38.8 Å². The first kappa shape index (κ1) is 21.2. The third-order valence-electron chi connectivity index (χ3n) is 2.81. The minimum absolute atomic E-state index is 0.0197. The van der Waals surface area contributed by atoms with E-state index in [1.807, 2.05) is 0 Å². The highest BCUT2D eigenvalue weighted by molar-refractivity contribution is 5.81. The van der Waals surface area contributed by atoms with Crippen molar-refractivity contribution in [1.82, 2.24) is 10.6 Å². The van der Waals surface area contributed by atoms with Gasteiger partial charge in [-0.05, 0) is 46.5 Å². The van der Waals surface area contributed by atoms with Gasteiger partial charge in [-0.25, -0.2) is 4.79 Å². The van der Waals surface area contributed by atoms with Gasteiger partial charge in [0.2, 0.25) is 5.91 Å². The fourth-order valence-electron chi connectivity index (χ4n) is 1.71. The molecule has 8 nitrogen and oxygen atoms in total. The molecule has 0 rings (SSSR count). The summed E-state index contributed by atoms with van der Waals surface area (Å²) in [7, 11) is 0. The zero-order valence-corrected chi connectivity index (χ0v) is 14.2. The quantitative estimate of drug-likeness (QED) is 0.442. The lowest BCUT2D eigenvalue weighted by Crippen LogP contribution is -2.41. The molecule has 0 aliphatic rings. The second kappa shape index (κ2) is 10.8. The lowest BCUT2D eigenvalue weighted by molar-refractivity contribution is -0.137. The summed E-state index contributed by atoms with van der Waals surface area (Å²) in [6.45, 7) is 6.14. The first-order valence-corrected chi connectivity index (χ1v) is 7.84. The smallest absolute Gasteiger partial charge is 0.407 e. The maximum absolute atomic E-state index is 11.6. The molecule has 5 N–H and O–H groups in total. The van der Waals surface area contributed by atoms with Crippen molar-refractivity contribution in [2.75, 3.05) is 13.1 Å². The molecule has 0 aliphatic carbocycles. The van der Waals surface area contributed by atoms with Crippen molar-refractivity contribution in [1.29, 1.82) is 0 Å². The molecule has 0 saturated carbocycles. The second-order valence-electron chi connectivity index (χ2n) is 6.32. The average molecular weight is 331 g/mol. The predicted molar refractivity (Wildman–Crippen MR) is 85.9 cm³/mol. The molecule has 2 amide bonds. The number of hydrogen-bond donors (Lipinski definition) is 4. The van der Waals surface area contributed by atoms with Gasteiger partial charge < -0.3 is 26.2 Å². The Bertz CT molecular complexity index is 393. The van der Waals surface area contributed by atoms with Crippen LogP contribution >= 0.6 is 0 Å². The molecule has 0 saturated heterocycles. The average Bonchev–Trinajstić information content (AvgIpc) is 2.40. The van der Waals surface area contributed by atoms with Crippen LogP contribution in [0.5, 0.6) is 0 Å². The van der Waals surface area contributed by atoms with Crippen LogP contribution in [-0.4, -0.2) is 47.8 Å². The Morgan fingerprint density at radius 3 is 2.26 bits per heavy atom. The number of rotatable bonds is 10. The molecule has 0 heterocycles. The molecule has 0 aromatic heterocycles. The maximum atomic E-state index is 11.6. The van der Waals surface area contributed by atoms with Crippen LogP contribution in [0.2, 0.25) is 0 Å². The van der Waals surface area contributed by atoms with Gasteiger partial charge >= 0.3 is 12.1 Å². The van der Waals surface area contributed by atoms with E-state index in [0.717, 1.165) is 0 Å². The largest absolute Gasteiger partial charge is 0.481 e. The third kappa shape index (κ3) is 13.5. The van der Waals surface area contributed by atoms with Crippen molar-refractivity contribution in [2.45, 2.75) is 64.5 Å². The van der Waals surface area contributed by atoms with Crippen LogP contribution in [0, 0.1) is 0 Å². The number of nitrogens with one attached hydrogen (secondary N) is 2. The summed E-state index contributed by atoms with van der Waals surface area (Å²) in [6.07, 6.45) is 1.83. The Balaban J connectivity index is 3.66. The number of unbranched alkanes of at least 4 members (excludes halogenated alkanes) is 1. The first-order chi connectivity index (χ1) is 10.6. The molecule has 0 fully saturated rings. The molecule has 0 aliphatic heterocycles. The molecular weight excluding hydrogens is 302 g/mol. The number of carbonyl (C=O) groups is 3. The molecule has 23 heavy (non-hydrogen) atoms. The summed E-state index contributed by atoms with van der Waals surface area (Å²) in [5.41, 5.74) is 5.22. The van der Waals surface area contributed by atoms with E-state index in [1.54, 1.807) is 20.8 Å². The highest BCUT2D eigenvalue weighted by atomic mass is 16.6. The second-order valence-corrected chi connectivity index (χ2v) is 6.32. The zero-order chi connectivity index (χ0) is 17.9. The maximum Gasteiger partial charge on any atom is 0.407 e. The molecule has 0 bridgehead atoms. The topological polar surface area (TPSA) is 131 Å². The number of amides is 2. The van der Waals surface area contributed by atoms with Crippen LogP contribution in [0.15, 0.2) is 0 Å². The molecule has 1 atom stereocenters. The van der Waals surface area contributed by atoms with Crippen molar-refractivity contribution in [3.63, 3.8) is 0 Å². The van der Waals surface area contributed by atoms with E-state index < -0.39 is 23.7 Å². The number of carboxylic acid groups (broad SMARTS) is 1. The van der Waals surface area contributed by atoms with Gasteiger partial charge in [0, 0.05) is 19.5 Å². The van der Waals surface area contributed by atoms with E-state index in [9.17, 15) is 14.4 Å². The van der Waals surface area contributed by atoms with Gasteiger partial charge in [0.05, 0.1) is 6.04 Å². The van der Waals surface area contributed by atoms with Crippen LogP contribution in [0.3, 0.4) is 0 Å². The first-order valence-electron chi connectivity index (χ1n) is 7.84. The van der Waals surface area contributed by atoms with Gasteiger partial charge in [0.15, 0.2) is 0 Å². The van der Waals surface area contributed by atoms with Crippen molar-refractivity contribution >= 4 is 18.0 Å². The summed E-state index contributed by atoms with van der Waals surface area (Å²) >= 11 is 0. The zero-order valence-electron chi connectivity index (χ0n) is 14.2. The predicted octanol–water partition coefficient (Wildman–Crippen LogP) is 0.990. The van der Waals surface area contributed by atoms with Crippen molar-refractivity contribution in [3.8, 4) is 0 Å². The number of ether oxygens (including phenoxy) is 1. The summed E-state index contributed by atoms with van der Waals surface area (Å²) < 4.78 is 5.09. The number of nitrogens with two attached hydrogens (primary N) is 1. The van der Waals surface area contributed by atoms with Crippen LogP contribution < -0.4 is 16.4 Å². The molecule has 8 heteroatoms. The van der Waals surface area contributed by atoms with Gasteiger partial charge in [-0.3, -0.25) is 9.59 Å². The van der Waals surface area contributed by atoms with Gasteiger partial charge in [-0.1, -0.05) is 0 Å².